The molecule has 0 unspecified atom stereocenters. The molecule has 0 atom stereocenters. The Balaban J connectivity index is 1.48. The van der Waals surface area contributed by atoms with Gasteiger partial charge in [-0.05, 0) is 36.7 Å². The summed E-state index contributed by atoms with van der Waals surface area (Å²) in [4.78, 5) is 12.4. The highest BCUT2D eigenvalue weighted by atomic mass is 32.1. The Morgan fingerprint density at radius 3 is 2.67 bits per heavy atom. The fourth-order valence-electron chi connectivity index (χ4n) is 3.21. The summed E-state index contributed by atoms with van der Waals surface area (Å²) in [5.74, 6) is 1.78. The van der Waals surface area contributed by atoms with Crippen LogP contribution < -0.4 is 10.6 Å². The van der Waals surface area contributed by atoms with Crippen molar-refractivity contribution in [2.45, 2.75) is 39.4 Å². The summed E-state index contributed by atoms with van der Waals surface area (Å²) in [6, 6.07) is 12.4. The number of nitrogens with one attached hydrogen (secondary N) is 2. The van der Waals surface area contributed by atoms with Gasteiger partial charge < -0.3 is 15.1 Å². The van der Waals surface area contributed by atoms with Gasteiger partial charge in [0, 0.05) is 44.2 Å². The topological polar surface area (TPSA) is 65.7 Å². The van der Waals surface area contributed by atoms with E-state index in [0.717, 1.165) is 50.7 Å². The number of guanidine groups is 1. The molecule has 0 saturated carbocycles. The number of aryl methyl sites for hydroxylation is 1. The van der Waals surface area contributed by atoms with Crippen molar-refractivity contribution >= 4 is 17.3 Å². The lowest BCUT2D eigenvalue weighted by Crippen LogP contribution is -2.38. The monoisotopic (exact) mass is 425 g/mol. The number of furan rings is 1. The number of hydrogen-bond donors (Lipinski definition) is 2. The van der Waals surface area contributed by atoms with Gasteiger partial charge in [0.1, 0.15) is 5.76 Å². The molecule has 0 fully saturated rings. The van der Waals surface area contributed by atoms with E-state index in [-0.39, 0.29) is 0 Å². The van der Waals surface area contributed by atoms with Crippen LogP contribution in [0.3, 0.4) is 0 Å². The summed E-state index contributed by atoms with van der Waals surface area (Å²) < 4.78 is 5.46. The molecule has 2 heterocycles. The van der Waals surface area contributed by atoms with E-state index in [4.69, 9.17) is 4.42 Å². The van der Waals surface area contributed by atoms with Crippen LogP contribution in [-0.2, 0) is 32.5 Å². The van der Waals surface area contributed by atoms with Gasteiger partial charge in [-0.1, -0.05) is 31.2 Å². The van der Waals surface area contributed by atoms with Crippen LogP contribution in [0, 0.1) is 0 Å². The van der Waals surface area contributed by atoms with E-state index < -0.39 is 0 Å². The number of hydrogen-bond acceptors (Lipinski definition) is 5. The minimum Gasteiger partial charge on any atom is -0.468 e. The second-order valence-corrected chi connectivity index (χ2v) is 8.40. The average molecular weight is 426 g/mol. The van der Waals surface area contributed by atoms with Crippen molar-refractivity contribution in [2.75, 3.05) is 20.6 Å². The number of aromatic nitrogens is 1. The molecule has 30 heavy (non-hydrogen) atoms. The van der Waals surface area contributed by atoms with Crippen molar-refractivity contribution in [3.05, 3.63) is 75.6 Å². The van der Waals surface area contributed by atoms with Gasteiger partial charge in [0.2, 0.25) is 0 Å². The van der Waals surface area contributed by atoms with E-state index in [9.17, 15) is 0 Å². The van der Waals surface area contributed by atoms with E-state index in [1.165, 1.54) is 21.0 Å². The van der Waals surface area contributed by atoms with Gasteiger partial charge >= 0.3 is 0 Å². The van der Waals surface area contributed by atoms with Crippen molar-refractivity contribution in [1.29, 1.82) is 0 Å². The van der Waals surface area contributed by atoms with Crippen LogP contribution in [0.15, 0.2) is 58.3 Å². The largest absolute Gasteiger partial charge is 0.468 e. The predicted octanol–water partition coefficient (Wildman–Crippen LogP) is 3.84. The molecule has 0 radical (unpaired) electrons. The first-order valence-electron chi connectivity index (χ1n) is 10.3. The van der Waals surface area contributed by atoms with E-state index in [1.54, 1.807) is 24.6 Å². The van der Waals surface area contributed by atoms with Crippen LogP contribution in [0.5, 0.6) is 0 Å². The molecule has 3 aromatic rings. The molecule has 0 amide bonds. The Labute approximate surface area is 183 Å². The molecule has 0 bridgehead atoms. The van der Waals surface area contributed by atoms with Gasteiger partial charge in [0.15, 0.2) is 5.96 Å². The molecule has 2 N–H and O–H groups in total. The molecular formula is C23H31N5OS. The van der Waals surface area contributed by atoms with Crippen LogP contribution in [-0.4, -0.2) is 36.5 Å². The second kappa shape index (κ2) is 11.5. The zero-order valence-electron chi connectivity index (χ0n) is 18.0. The summed E-state index contributed by atoms with van der Waals surface area (Å²) in [7, 11) is 3.91. The minimum atomic E-state index is 0.724. The number of benzene rings is 1. The van der Waals surface area contributed by atoms with Gasteiger partial charge in [-0.15, -0.1) is 11.3 Å². The SMILES string of the molecule is CCc1cnc(CCNC(=NC)NCc2ccccc2CN(C)Cc2ccco2)s1. The Morgan fingerprint density at radius 1 is 1.13 bits per heavy atom. The lowest BCUT2D eigenvalue weighted by atomic mass is 10.1. The van der Waals surface area contributed by atoms with Crippen molar-refractivity contribution < 1.29 is 4.42 Å². The minimum absolute atomic E-state index is 0.724. The van der Waals surface area contributed by atoms with Gasteiger partial charge in [-0.3, -0.25) is 9.89 Å². The fourth-order valence-corrected chi connectivity index (χ4v) is 4.08. The zero-order valence-corrected chi connectivity index (χ0v) is 18.8. The summed E-state index contributed by atoms with van der Waals surface area (Å²) in [6.45, 7) is 5.34. The molecular weight excluding hydrogens is 394 g/mol. The summed E-state index contributed by atoms with van der Waals surface area (Å²) in [5, 5.41) is 7.99. The highest BCUT2D eigenvalue weighted by Crippen LogP contribution is 2.14. The van der Waals surface area contributed by atoms with Crippen molar-refractivity contribution in [2.24, 2.45) is 4.99 Å². The predicted molar refractivity (Wildman–Crippen MR) is 124 cm³/mol. The maximum absolute atomic E-state index is 5.46. The van der Waals surface area contributed by atoms with Crippen molar-refractivity contribution in [1.82, 2.24) is 20.5 Å². The summed E-state index contributed by atoms with van der Waals surface area (Å²) >= 11 is 1.79. The number of thiazole rings is 1. The third-order valence-corrected chi connectivity index (χ3v) is 6.02. The highest BCUT2D eigenvalue weighted by molar-refractivity contribution is 7.11. The molecule has 0 saturated heterocycles. The summed E-state index contributed by atoms with van der Waals surface area (Å²) in [6.07, 6.45) is 5.65. The molecule has 0 spiro atoms. The average Bonchev–Trinajstić information content (AvgIpc) is 3.43. The van der Waals surface area contributed by atoms with Crippen molar-refractivity contribution in [3.8, 4) is 0 Å². The molecule has 7 heteroatoms. The quantitative estimate of drug-likeness (QED) is 0.382. The molecule has 1 aromatic carbocycles. The standard InChI is InChI=1S/C23H31N5OS/c1-4-21-15-26-22(30-21)11-12-25-23(24-2)27-14-18-8-5-6-9-19(18)16-28(3)17-20-10-7-13-29-20/h5-10,13,15H,4,11-12,14,16-17H2,1-3H3,(H2,24,25,27). The first kappa shape index (κ1) is 22.1. The van der Waals surface area contributed by atoms with Crippen LogP contribution in [0.4, 0.5) is 0 Å². The van der Waals surface area contributed by atoms with Gasteiger partial charge in [-0.2, -0.15) is 0 Å². The smallest absolute Gasteiger partial charge is 0.191 e. The molecule has 160 valence electrons. The second-order valence-electron chi connectivity index (χ2n) is 7.20. The first-order valence-corrected chi connectivity index (χ1v) is 11.2. The summed E-state index contributed by atoms with van der Waals surface area (Å²) in [5.41, 5.74) is 2.56. The Bertz CT molecular complexity index is 919. The lowest BCUT2D eigenvalue weighted by molar-refractivity contribution is 0.287. The van der Waals surface area contributed by atoms with Gasteiger partial charge in [0.25, 0.3) is 0 Å². The molecule has 0 aliphatic rings. The first-order chi connectivity index (χ1) is 14.7. The van der Waals surface area contributed by atoms with E-state index in [1.807, 2.05) is 18.3 Å². The number of nitrogens with zero attached hydrogens (tertiary/aromatic N) is 3. The third kappa shape index (κ3) is 6.71. The van der Waals surface area contributed by atoms with E-state index >= 15 is 0 Å². The highest BCUT2D eigenvalue weighted by Gasteiger charge is 2.08. The Hall–Kier alpha value is -2.64. The number of aliphatic imine (C=N–C) groups is 1. The third-order valence-electron chi connectivity index (χ3n) is 4.82. The maximum Gasteiger partial charge on any atom is 0.191 e. The normalized spacial score (nSPS) is 11.8. The van der Waals surface area contributed by atoms with Gasteiger partial charge in [-0.25, -0.2) is 4.98 Å². The zero-order chi connectivity index (χ0) is 21.2. The lowest BCUT2D eigenvalue weighted by Gasteiger charge is -2.19. The fraction of sp³-hybridized carbons (Fsp3) is 0.391. The van der Waals surface area contributed by atoms with Crippen LogP contribution in [0.25, 0.3) is 0 Å². The van der Waals surface area contributed by atoms with E-state index in [2.05, 4.69) is 63.7 Å². The number of rotatable bonds is 10. The molecule has 6 nitrogen and oxygen atoms in total. The van der Waals surface area contributed by atoms with Crippen LogP contribution in [0.2, 0.25) is 0 Å². The maximum atomic E-state index is 5.46. The van der Waals surface area contributed by atoms with Crippen molar-refractivity contribution in [3.63, 3.8) is 0 Å². The van der Waals surface area contributed by atoms with E-state index in [0.29, 0.717) is 0 Å². The molecule has 0 aliphatic carbocycles. The Kier molecular flexibility index (Phi) is 8.47. The molecule has 2 aromatic heterocycles. The van der Waals surface area contributed by atoms with Crippen LogP contribution >= 0.6 is 11.3 Å². The van der Waals surface area contributed by atoms with Crippen LogP contribution in [0.1, 0.15) is 33.7 Å². The molecule has 0 aliphatic heterocycles. The Morgan fingerprint density at radius 2 is 1.97 bits per heavy atom. The van der Waals surface area contributed by atoms with Gasteiger partial charge in [0.05, 0.1) is 17.8 Å². The molecule has 3 rings (SSSR count).